The minimum Gasteiger partial charge on any atom is -0.451 e. The third-order valence-corrected chi connectivity index (χ3v) is 10.7. The lowest BCUT2D eigenvalue weighted by Crippen LogP contribution is -2.61. The standard InChI is InChI=1S/C34H46FN7O6S/c1-22(2)41(23(3)4)33(43)28-14-25(35)6-9-29(28)48-30-15-36-21-38-32(30)40-19-34(20-40)10-12-39(13-11-34)17-27-8-7-26(18-46-27)42(49(44)45)31-16-37-24(5)47-31/h6,9,14-16,21-23,26-27,49H,7-8,10-13,17-20H2,1-5H3/t26-,27+/m1/s1. The molecule has 3 saturated heterocycles. The summed E-state index contributed by atoms with van der Waals surface area (Å²) >= 11 is 0. The number of rotatable bonds is 11. The number of carbonyl (C=O) groups is 1. The van der Waals surface area contributed by atoms with Crippen LogP contribution in [0, 0.1) is 18.2 Å². The summed E-state index contributed by atoms with van der Waals surface area (Å²) in [5, 5.41) is 0. The van der Waals surface area contributed by atoms with E-state index in [2.05, 4.69) is 24.8 Å². The lowest BCUT2D eigenvalue weighted by molar-refractivity contribution is -0.0272. The average Bonchev–Trinajstić information content (AvgIpc) is 3.47. The third-order valence-electron chi connectivity index (χ3n) is 9.83. The first-order chi connectivity index (χ1) is 23.4. The number of aromatic nitrogens is 3. The minimum absolute atomic E-state index is 0.0446. The molecule has 266 valence electrons. The molecular weight excluding hydrogens is 653 g/mol. The first kappa shape index (κ1) is 35.0. The van der Waals surface area contributed by atoms with Crippen LogP contribution in [0.5, 0.6) is 11.5 Å². The third kappa shape index (κ3) is 7.68. The van der Waals surface area contributed by atoms with Gasteiger partial charge in [0.25, 0.3) is 5.91 Å². The van der Waals surface area contributed by atoms with Gasteiger partial charge < -0.3 is 28.6 Å². The van der Waals surface area contributed by atoms with E-state index < -0.39 is 16.7 Å². The Kier molecular flexibility index (Phi) is 10.4. The van der Waals surface area contributed by atoms with E-state index in [1.165, 1.54) is 35.0 Å². The van der Waals surface area contributed by atoms with Gasteiger partial charge in [0, 0.05) is 44.1 Å². The number of amides is 1. The molecule has 1 aromatic carbocycles. The van der Waals surface area contributed by atoms with Crippen LogP contribution in [-0.4, -0.2) is 103 Å². The van der Waals surface area contributed by atoms with Crippen LogP contribution < -0.4 is 13.9 Å². The highest BCUT2D eigenvalue weighted by Crippen LogP contribution is 2.45. The highest BCUT2D eigenvalue weighted by Gasteiger charge is 2.46. The fourth-order valence-corrected chi connectivity index (χ4v) is 8.11. The number of hydrogen-bond acceptors (Lipinski definition) is 11. The molecule has 49 heavy (non-hydrogen) atoms. The molecule has 1 amide bonds. The Hall–Kier alpha value is -3.82. The van der Waals surface area contributed by atoms with Crippen molar-refractivity contribution in [3.63, 3.8) is 0 Å². The second-order valence-corrected chi connectivity index (χ2v) is 14.9. The number of ether oxygens (including phenoxy) is 2. The zero-order valence-corrected chi connectivity index (χ0v) is 29.6. The van der Waals surface area contributed by atoms with Crippen LogP contribution in [0.4, 0.5) is 16.1 Å². The first-order valence-corrected chi connectivity index (χ1v) is 18.1. The molecule has 0 aliphatic carbocycles. The highest BCUT2D eigenvalue weighted by atomic mass is 32.2. The van der Waals surface area contributed by atoms with Crippen molar-refractivity contribution in [2.45, 2.75) is 84.5 Å². The summed E-state index contributed by atoms with van der Waals surface area (Å²) in [5.74, 6) is 1.17. The molecule has 15 heteroatoms. The van der Waals surface area contributed by atoms with Crippen LogP contribution in [0.2, 0.25) is 0 Å². The molecule has 3 aliphatic heterocycles. The molecule has 0 saturated carbocycles. The summed E-state index contributed by atoms with van der Waals surface area (Å²) in [6, 6.07) is 3.54. The molecule has 0 bridgehead atoms. The van der Waals surface area contributed by atoms with Gasteiger partial charge in [-0.2, -0.15) is 0 Å². The monoisotopic (exact) mass is 699 g/mol. The molecule has 2 aromatic heterocycles. The lowest BCUT2D eigenvalue weighted by atomic mass is 9.72. The van der Waals surface area contributed by atoms with E-state index in [9.17, 15) is 17.6 Å². The summed E-state index contributed by atoms with van der Waals surface area (Å²) in [7, 11) is -2.87. The Labute approximate surface area is 288 Å². The zero-order chi connectivity index (χ0) is 34.9. The molecule has 13 nitrogen and oxygen atoms in total. The molecule has 5 heterocycles. The Morgan fingerprint density at radius 1 is 1.08 bits per heavy atom. The van der Waals surface area contributed by atoms with Gasteiger partial charge >= 0.3 is 0 Å². The number of thiol groups is 1. The molecule has 0 N–H and O–H groups in total. The number of oxazole rings is 1. The lowest BCUT2D eigenvalue weighted by Gasteiger charge is -2.54. The molecule has 3 aromatic rings. The van der Waals surface area contributed by atoms with Gasteiger partial charge in [-0.15, -0.1) is 0 Å². The van der Waals surface area contributed by atoms with Gasteiger partial charge in [0.15, 0.2) is 17.5 Å². The normalized spacial score (nSPS) is 21.0. The number of likely N-dealkylation sites (tertiary alicyclic amines) is 1. The second-order valence-electron chi connectivity index (χ2n) is 14.0. The Bertz CT molecular complexity index is 1680. The van der Waals surface area contributed by atoms with Gasteiger partial charge in [-0.1, -0.05) is 0 Å². The second kappa shape index (κ2) is 14.6. The van der Waals surface area contributed by atoms with Crippen molar-refractivity contribution in [2.75, 3.05) is 48.5 Å². The predicted molar refractivity (Wildman–Crippen MR) is 182 cm³/mol. The summed E-state index contributed by atoms with van der Waals surface area (Å²) in [4.78, 5) is 32.6. The molecule has 3 fully saturated rings. The van der Waals surface area contributed by atoms with Crippen LogP contribution in [-0.2, 0) is 15.6 Å². The van der Waals surface area contributed by atoms with Crippen molar-refractivity contribution in [3.05, 3.63) is 54.2 Å². The van der Waals surface area contributed by atoms with E-state index in [0.29, 0.717) is 30.5 Å². The number of aryl methyl sites for hydroxylation is 1. The van der Waals surface area contributed by atoms with Crippen molar-refractivity contribution in [1.29, 1.82) is 0 Å². The van der Waals surface area contributed by atoms with Crippen molar-refractivity contribution >= 4 is 28.5 Å². The van der Waals surface area contributed by atoms with Crippen molar-refractivity contribution in [1.82, 2.24) is 24.8 Å². The molecule has 2 atom stereocenters. The maximum absolute atomic E-state index is 14.4. The van der Waals surface area contributed by atoms with Crippen LogP contribution in [0.3, 0.4) is 0 Å². The summed E-state index contributed by atoms with van der Waals surface area (Å²) in [6.07, 6.45) is 8.08. The smallest absolute Gasteiger partial charge is 0.258 e. The zero-order valence-electron chi connectivity index (χ0n) is 28.7. The molecule has 1 spiro atoms. The van der Waals surface area contributed by atoms with E-state index in [4.69, 9.17) is 13.9 Å². The van der Waals surface area contributed by atoms with Gasteiger partial charge in [-0.3, -0.25) is 4.79 Å². The fourth-order valence-electron chi connectivity index (χ4n) is 7.41. The van der Waals surface area contributed by atoms with Crippen LogP contribution >= 0.6 is 0 Å². The van der Waals surface area contributed by atoms with Gasteiger partial charge in [-0.25, -0.2) is 32.1 Å². The van der Waals surface area contributed by atoms with Crippen molar-refractivity contribution < 1.29 is 31.5 Å². The van der Waals surface area contributed by atoms with E-state index in [1.807, 2.05) is 27.7 Å². The fraction of sp³-hybridized carbons (Fsp3) is 0.588. The number of benzene rings is 1. The summed E-state index contributed by atoms with van der Waals surface area (Å²) in [6.45, 7) is 14.1. The van der Waals surface area contributed by atoms with Crippen molar-refractivity contribution in [3.8, 4) is 11.5 Å². The van der Waals surface area contributed by atoms with E-state index in [1.54, 1.807) is 18.0 Å². The maximum atomic E-state index is 14.4. The largest absolute Gasteiger partial charge is 0.451 e. The number of halogens is 1. The number of carbonyl (C=O) groups excluding carboxylic acids is 1. The summed E-state index contributed by atoms with van der Waals surface area (Å²) in [5.41, 5.74) is 0.323. The van der Waals surface area contributed by atoms with E-state index >= 15 is 0 Å². The number of hydrogen-bond donors (Lipinski definition) is 1. The van der Waals surface area contributed by atoms with E-state index in [0.717, 1.165) is 52.0 Å². The SMILES string of the molecule is Cc1ncc(N([C@@H]2CC[C@@H](CN3CCC4(CC3)CN(c3ncncc3Oc3ccc(F)cc3C(=O)N(C(C)C)C(C)C)C4)OC2)[SH](=O)=O)o1. The minimum atomic E-state index is -2.87. The first-order valence-electron chi connectivity index (χ1n) is 17.0. The van der Waals surface area contributed by atoms with Gasteiger partial charge in [0.1, 0.15) is 17.9 Å². The number of nitrogens with zero attached hydrogens (tertiary/aromatic N) is 7. The van der Waals surface area contributed by atoms with Crippen molar-refractivity contribution in [2.24, 2.45) is 5.41 Å². The van der Waals surface area contributed by atoms with Gasteiger partial charge in [0.05, 0.1) is 36.7 Å². The van der Waals surface area contributed by atoms with Gasteiger partial charge in [0.2, 0.25) is 16.8 Å². The Morgan fingerprint density at radius 3 is 2.43 bits per heavy atom. The quantitative estimate of drug-likeness (QED) is 0.285. The molecular formula is C34H46FN7O6S. The number of piperidine rings is 1. The predicted octanol–water partition coefficient (Wildman–Crippen LogP) is 4.45. The molecule has 6 rings (SSSR count). The summed E-state index contributed by atoms with van der Waals surface area (Å²) < 4.78 is 57.5. The molecule has 3 aliphatic rings. The Balaban J connectivity index is 1.03. The number of anilines is 2. The van der Waals surface area contributed by atoms with Gasteiger partial charge in [-0.05, 0) is 84.7 Å². The topological polar surface area (TPSA) is 134 Å². The van der Waals surface area contributed by atoms with Crippen LogP contribution in [0.15, 0.2) is 41.3 Å². The highest BCUT2D eigenvalue weighted by molar-refractivity contribution is 7.74. The van der Waals surface area contributed by atoms with Crippen LogP contribution in [0.25, 0.3) is 0 Å². The Morgan fingerprint density at radius 2 is 1.82 bits per heavy atom. The molecule has 0 radical (unpaired) electrons. The van der Waals surface area contributed by atoms with E-state index in [-0.39, 0.29) is 52.7 Å². The van der Waals surface area contributed by atoms with Crippen LogP contribution in [0.1, 0.15) is 69.6 Å². The molecule has 0 unspecified atom stereocenters. The maximum Gasteiger partial charge on any atom is 0.258 e. The average molecular weight is 700 g/mol.